The molecule has 0 saturated carbocycles. The lowest BCUT2D eigenvalue weighted by Gasteiger charge is -2.13. The van der Waals surface area contributed by atoms with Crippen LogP contribution in [0.15, 0.2) is 174 Å². The summed E-state index contributed by atoms with van der Waals surface area (Å²) in [6.45, 7) is 26.0. The molecular weight excluding hydrogens is 943 g/mol. The first kappa shape index (κ1) is 58.7. The molecule has 0 fully saturated rings. The van der Waals surface area contributed by atoms with Crippen molar-refractivity contribution >= 4 is 34.2 Å². The third kappa shape index (κ3) is 28.7. The van der Waals surface area contributed by atoms with Gasteiger partial charge in [-0.25, -0.2) is 19.3 Å². The molecule has 0 radical (unpaired) electrons. The van der Waals surface area contributed by atoms with Crippen LogP contribution in [0, 0.1) is 90.0 Å². The number of thiazole rings is 2. The van der Waals surface area contributed by atoms with Gasteiger partial charge in [0, 0.05) is 58.3 Å². The van der Waals surface area contributed by atoms with Crippen molar-refractivity contribution in [1.82, 2.24) is 44.8 Å². The standard InChI is InChI=1S/C16H18.6C4H5NO.3C4H5NS/c1-11-9-13(3)16(14(4)10-11)15-8-6-5-7-12(15)2;1-4-2-6-3-5-4;1-4-2-5-3-6-4;1-4-2-5-6-3-4;1-4-5-2-3-6-4;1-4-2-3-6-5-4;1-4-2-3-5-6-4;1-4-2-5-3-6-4;1-4-5-2-3-6-4;1-4-2-3-5-6-4/h5-10H,1-4H3;9*2-3H,1H3. The Labute approximate surface area is 422 Å². The number of rotatable bonds is 1. The van der Waals surface area contributed by atoms with Crippen LogP contribution in [0.4, 0.5) is 0 Å². The zero-order valence-electron chi connectivity index (χ0n) is 42.1. The molecule has 9 aromatic heterocycles. The first-order chi connectivity index (χ1) is 33.6. The molecule has 0 spiro atoms. The van der Waals surface area contributed by atoms with Crippen LogP contribution in [0.2, 0.25) is 0 Å². The predicted octanol–water partition coefficient (Wildman–Crippen LogP) is 14.8. The Morgan fingerprint density at radius 2 is 1.30 bits per heavy atom. The Morgan fingerprint density at radius 3 is 1.56 bits per heavy atom. The van der Waals surface area contributed by atoms with Gasteiger partial charge in [-0.1, -0.05) is 57.4 Å². The molecule has 0 amide bonds. The lowest BCUT2D eigenvalue weighted by Crippen LogP contribution is -1.91. The fourth-order valence-corrected chi connectivity index (χ4v) is 6.23. The van der Waals surface area contributed by atoms with Gasteiger partial charge in [-0.2, -0.15) is 0 Å². The first-order valence-corrected chi connectivity index (χ1v) is 24.1. The van der Waals surface area contributed by atoms with Gasteiger partial charge >= 0.3 is 0 Å². The largest absolute Gasteiger partial charge is 0.452 e. The van der Waals surface area contributed by atoms with Gasteiger partial charge in [0.1, 0.15) is 36.6 Å². The van der Waals surface area contributed by atoms with E-state index in [-0.39, 0.29) is 0 Å². The minimum absolute atomic E-state index is 0.718. The van der Waals surface area contributed by atoms with E-state index in [2.05, 4.69) is 127 Å². The van der Waals surface area contributed by atoms with Crippen molar-refractivity contribution in [3.63, 3.8) is 0 Å². The van der Waals surface area contributed by atoms with E-state index in [9.17, 15) is 0 Å². The lowest BCUT2D eigenvalue weighted by atomic mass is 9.91. The molecule has 11 rings (SSSR count). The summed E-state index contributed by atoms with van der Waals surface area (Å²) in [5.41, 5.74) is 12.9. The topological polar surface area (TPSA) is 195 Å². The van der Waals surface area contributed by atoms with E-state index < -0.39 is 0 Å². The van der Waals surface area contributed by atoms with Gasteiger partial charge in [0.25, 0.3) is 0 Å². The highest BCUT2D eigenvalue weighted by atomic mass is 32.1. The fraction of sp³-hybridized carbons (Fsp3) is 0.250. The van der Waals surface area contributed by atoms with E-state index in [1.54, 1.807) is 104 Å². The number of aryl methyl sites for hydroxylation is 13. The van der Waals surface area contributed by atoms with Crippen molar-refractivity contribution in [2.24, 2.45) is 0 Å². The number of aromatic nitrogens is 9. The summed E-state index contributed by atoms with van der Waals surface area (Å²) >= 11 is 4.86. The molecule has 0 unspecified atom stereocenters. The van der Waals surface area contributed by atoms with Crippen LogP contribution >= 0.6 is 34.2 Å². The van der Waals surface area contributed by atoms with Gasteiger partial charge in [-0.05, 0) is 129 Å². The zero-order valence-corrected chi connectivity index (χ0v) is 44.5. The summed E-state index contributed by atoms with van der Waals surface area (Å²) in [5.74, 6) is 2.43. The highest BCUT2D eigenvalue weighted by Gasteiger charge is 2.08. The SMILES string of the molecule is Cc1cc(C)c(-c2ccccc2C)c(C)c1.Cc1ccno1.Cc1ccns1.Cc1ccon1.Cc1cnco1.Cc1cncs1.Cc1cnoc1.Cc1cocn1.Cc1ncco1.Cc1nccs1. The van der Waals surface area contributed by atoms with Crippen molar-refractivity contribution in [2.45, 2.75) is 90.0 Å². The summed E-state index contributed by atoms with van der Waals surface area (Å²) in [5, 5.41) is 13.5. The second kappa shape index (κ2) is 35.7. The van der Waals surface area contributed by atoms with Crippen molar-refractivity contribution in [3.05, 3.63) is 218 Å². The van der Waals surface area contributed by atoms with E-state index in [0.29, 0.717) is 0 Å². The van der Waals surface area contributed by atoms with Crippen molar-refractivity contribution in [3.8, 4) is 11.1 Å². The van der Waals surface area contributed by atoms with E-state index in [4.69, 9.17) is 8.83 Å². The minimum atomic E-state index is 0.718. The van der Waals surface area contributed by atoms with Crippen LogP contribution in [-0.4, -0.2) is 44.8 Å². The Bertz CT molecular complexity index is 2290. The second-order valence-corrected chi connectivity index (χ2v) is 17.9. The van der Waals surface area contributed by atoms with Crippen LogP contribution in [0.1, 0.15) is 71.4 Å². The Kier molecular flexibility index (Phi) is 29.9. The van der Waals surface area contributed by atoms with Gasteiger partial charge in [0.05, 0.1) is 46.7 Å². The molecule has 18 heteroatoms. The molecule has 9 heterocycles. The minimum Gasteiger partial charge on any atom is -0.452 e. The maximum atomic E-state index is 4.72. The molecule has 0 aliphatic heterocycles. The van der Waals surface area contributed by atoms with Gasteiger partial charge in [0.15, 0.2) is 18.7 Å². The van der Waals surface area contributed by atoms with Gasteiger partial charge in [0.2, 0.25) is 0 Å². The number of hydrogen-bond acceptors (Lipinski definition) is 18. The Balaban J connectivity index is 0.000000274. The van der Waals surface area contributed by atoms with E-state index >= 15 is 0 Å². The summed E-state index contributed by atoms with van der Waals surface area (Å²) in [7, 11) is 0. The predicted molar refractivity (Wildman–Crippen MR) is 279 cm³/mol. The van der Waals surface area contributed by atoms with Gasteiger partial charge < -0.3 is 26.8 Å². The van der Waals surface area contributed by atoms with Crippen LogP contribution in [0.5, 0.6) is 0 Å². The first-order valence-electron chi connectivity index (χ1n) is 21.5. The molecule has 0 aliphatic rings. The van der Waals surface area contributed by atoms with Gasteiger partial charge in [-0.15, -0.1) is 22.7 Å². The third-order valence-electron chi connectivity index (χ3n) is 8.13. The third-order valence-corrected chi connectivity index (χ3v) is 10.2. The van der Waals surface area contributed by atoms with Crippen LogP contribution in [0.25, 0.3) is 11.1 Å². The van der Waals surface area contributed by atoms with E-state index in [1.807, 2.05) is 78.5 Å². The Hall–Kier alpha value is -7.41. The van der Waals surface area contributed by atoms with Gasteiger partial charge in [-0.3, -0.25) is 9.97 Å². The average Bonchev–Trinajstić information content (AvgIpc) is 4.15. The quantitative estimate of drug-likeness (QED) is 0.150. The van der Waals surface area contributed by atoms with Crippen molar-refractivity contribution in [2.75, 3.05) is 0 Å². The molecule has 2 aromatic carbocycles. The summed E-state index contributed by atoms with van der Waals surface area (Å²) in [6.07, 6.45) is 21.2. The molecular formula is C52H63N9O6S3. The summed E-state index contributed by atoms with van der Waals surface area (Å²) < 4.78 is 31.4. The van der Waals surface area contributed by atoms with Crippen LogP contribution in [0.3, 0.4) is 0 Å². The maximum absolute atomic E-state index is 4.72. The summed E-state index contributed by atoms with van der Waals surface area (Å²) in [4.78, 5) is 21.5. The monoisotopic (exact) mass is 1010 g/mol. The fourth-order valence-electron chi connectivity index (χ4n) is 4.97. The zero-order chi connectivity index (χ0) is 51.4. The number of benzene rings is 2. The molecule has 70 heavy (non-hydrogen) atoms. The molecule has 0 saturated heterocycles. The molecule has 0 N–H and O–H groups in total. The second-order valence-electron chi connectivity index (χ2n) is 14.6. The molecule has 0 aliphatic carbocycles. The molecule has 370 valence electrons. The van der Waals surface area contributed by atoms with E-state index in [0.717, 1.165) is 39.4 Å². The lowest BCUT2D eigenvalue weighted by molar-refractivity contribution is 0.397. The molecule has 0 bridgehead atoms. The smallest absolute Gasteiger partial charge is 0.190 e. The molecule has 0 atom stereocenters. The van der Waals surface area contributed by atoms with Crippen LogP contribution in [-0.2, 0) is 0 Å². The number of hydrogen-bond donors (Lipinski definition) is 0. The normalized spacial score (nSPS) is 9.21. The summed E-state index contributed by atoms with van der Waals surface area (Å²) in [6, 6.07) is 18.7. The molecule has 15 nitrogen and oxygen atoms in total. The Morgan fingerprint density at radius 1 is 0.529 bits per heavy atom. The highest BCUT2D eigenvalue weighted by Crippen LogP contribution is 2.30. The van der Waals surface area contributed by atoms with Crippen molar-refractivity contribution in [1.29, 1.82) is 0 Å². The highest BCUT2D eigenvalue weighted by molar-refractivity contribution is 7.09. The maximum Gasteiger partial charge on any atom is 0.190 e. The number of oxazole rings is 3. The molecule has 11 aromatic rings. The van der Waals surface area contributed by atoms with E-state index in [1.165, 1.54) is 67.5 Å². The number of nitrogens with zero attached hydrogens (tertiary/aromatic N) is 9. The van der Waals surface area contributed by atoms with Crippen LogP contribution < -0.4 is 0 Å². The van der Waals surface area contributed by atoms with Crippen molar-refractivity contribution < 1.29 is 26.8 Å². The average molecular weight is 1010 g/mol.